The number of H-pyrrole nitrogens is 1. The number of hydrogen-bond donors (Lipinski definition) is 3. The van der Waals surface area contributed by atoms with Crippen LogP contribution in [-0.2, 0) is 6.42 Å². The number of aryl methyl sites for hydroxylation is 1. The highest BCUT2D eigenvalue weighted by Gasteiger charge is 1.98. The van der Waals surface area contributed by atoms with Crippen molar-refractivity contribution in [2.75, 3.05) is 0 Å². The summed E-state index contributed by atoms with van der Waals surface area (Å²) in [5.74, 6) is 0. The first-order valence-corrected chi connectivity index (χ1v) is 3.13. The van der Waals surface area contributed by atoms with Gasteiger partial charge in [0.1, 0.15) is 0 Å². The van der Waals surface area contributed by atoms with Gasteiger partial charge >= 0.3 is 0 Å². The maximum Gasteiger partial charge on any atom is 0.151 e. The van der Waals surface area contributed by atoms with Crippen molar-refractivity contribution in [3.8, 4) is 0 Å². The van der Waals surface area contributed by atoms with Gasteiger partial charge < -0.3 is 10.2 Å². The molecule has 1 aromatic rings. The molecule has 0 saturated heterocycles. The summed E-state index contributed by atoms with van der Waals surface area (Å²) < 4.78 is 0. The highest BCUT2D eigenvalue weighted by atomic mass is 79.9. The molecule has 4 nitrogen and oxygen atoms in total. The summed E-state index contributed by atoms with van der Waals surface area (Å²) in [5.41, 5.74) is 0.924. The number of aliphatic hydroxyl groups is 2. The van der Waals surface area contributed by atoms with Crippen molar-refractivity contribution in [3.05, 3.63) is 18.0 Å². The average Bonchev–Trinajstić information content (AvgIpc) is 2.34. The van der Waals surface area contributed by atoms with E-state index in [9.17, 15) is 0 Å². The molecule has 0 unspecified atom stereocenters. The van der Waals surface area contributed by atoms with Crippen LogP contribution in [0.1, 0.15) is 12.1 Å². The van der Waals surface area contributed by atoms with Crippen LogP contribution in [0.15, 0.2) is 12.3 Å². The lowest BCUT2D eigenvalue weighted by Gasteiger charge is -1.99. The SMILES string of the molecule is Br.OC(O)CCc1ccn[nH]1. The van der Waals surface area contributed by atoms with Crippen molar-refractivity contribution in [2.45, 2.75) is 19.1 Å². The molecule has 1 aromatic heterocycles. The van der Waals surface area contributed by atoms with Crippen molar-refractivity contribution in [1.82, 2.24) is 10.2 Å². The van der Waals surface area contributed by atoms with Gasteiger partial charge in [0.05, 0.1) is 0 Å². The highest BCUT2D eigenvalue weighted by molar-refractivity contribution is 8.93. The zero-order valence-corrected chi connectivity index (χ0v) is 7.61. The topological polar surface area (TPSA) is 69.1 Å². The minimum absolute atomic E-state index is 0. The lowest BCUT2D eigenvalue weighted by atomic mass is 10.2. The third-order valence-corrected chi connectivity index (χ3v) is 1.23. The first-order valence-electron chi connectivity index (χ1n) is 3.13. The molecule has 0 bridgehead atoms. The van der Waals surface area contributed by atoms with Crippen LogP contribution in [0.3, 0.4) is 0 Å². The van der Waals surface area contributed by atoms with Crippen LogP contribution in [0, 0.1) is 0 Å². The van der Waals surface area contributed by atoms with Gasteiger partial charge in [-0.2, -0.15) is 5.10 Å². The van der Waals surface area contributed by atoms with Crippen LogP contribution in [0.2, 0.25) is 0 Å². The minimum Gasteiger partial charge on any atom is -0.368 e. The van der Waals surface area contributed by atoms with Crippen LogP contribution in [0.25, 0.3) is 0 Å². The second-order valence-electron chi connectivity index (χ2n) is 2.10. The zero-order valence-electron chi connectivity index (χ0n) is 5.90. The molecule has 0 radical (unpaired) electrons. The quantitative estimate of drug-likeness (QED) is 0.642. The number of rotatable bonds is 3. The Balaban J connectivity index is 0.000001000. The molecular weight excluding hydrogens is 212 g/mol. The first kappa shape index (κ1) is 10.6. The fourth-order valence-corrected chi connectivity index (χ4v) is 0.709. The molecule has 0 spiro atoms. The smallest absolute Gasteiger partial charge is 0.151 e. The number of aromatic nitrogens is 2. The summed E-state index contributed by atoms with van der Waals surface area (Å²) in [6, 6.07) is 1.81. The maximum absolute atomic E-state index is 8.47. The van der Waals surface area contributed by atoms with Crippen LogP contribution in [0.4, 0.5) is 0 Å². The van der Waals surface area contributed by atoms with Gasteiger partial charge in [0.15, 0.2) is 6.29 Å². The Bertz CT molecular complexity index is 177. The van der Waals surface area contributed by atoms with Gasteiger partial charge in [-0.25, -0.2) is 0 Å². The summed E-state index contributed by atoms with van der Waals surface area (Å²) >= 11 is 0. The molecule has 0 amide bonds. The van der Waals surface area contributed by atoms with Gasteiger partial charge in [-0.15, -0.1) is 17.0 Å². The molecule has 1 rings (SSSR count). The highest BCUT2D eigenvalue weighted by Crippen LogP contribution is 1.98. The molecule has 0 aliphatic heterocycles. The fourth-order valence-electron chi connectivity index (χ4n) is 0.709. The maximum atomic E-state index is 8.47. The Hall–Kier alpha value is -0.390. The molecule has 5 heteroatoms. The minimum atomic E-state index is -1.22. The molecule has 3 N–H and O–H groups in total. The molecule has 0 saturated carbocycles. The lowest BCUT2D eigenvalue weighted by molar-refractivity contribution is -0.0448. The van der Waals surface area contributed by atoms with Gasteiger partial charge in [-0.05, 0) is 12.5 Å². The molecule has 0 aromatic carbocycles. The Morgan fingerprint density at radius 3 is 2.73 bits per heavy atom. The predicted octanol–water partition coefficient (Wildman–Crippen LogP) is 0.231. The first-order chi connectivity index (χ1) is 4.79. The van der Waals surface area contributed by atoms with E-state index in [-0.39, 0.29) is 17.0 Å². The van der Waals surface area contributed by atoms with E-state index in [1.54, 1.807) is 6.20 Å². The number of aliphatic hydroxyl groups excluding tert-OH is 1. The van der Waals surface area contributed by atoms with Crippen LogP contribution in [0.5, 0.6) is 0 Å². The second kappa shape index (κ2) is 5.29. The number of aromatic amines is 1. The zero-order chi connectivity index (χ0) is 7.40. The molecule has 0 atom stereocenters. The van der Waals surface area contributed by atoms with E-state index in [1.807, 2.05) is 6.07 Å². The Morgan fingerprint density at radius 1 is 1.55 bits per heavy atom. The normalized spacial score (nSPS) is 9.73. The van der Waals surface area contributed by atoms with E-state index >= 15 is 0 Å². The van der Waals surface area contributed by atoms with Gasteiger partial charge in [0, 0.05) is 18.3 Å². The van der Waals surface area contributed by atoms with Gasteiger partial charge in [-0.1, -0.05) is 0 Å². The van der Waals surface area contributed by atoms with Crippen molar-refractivity contribution < 1.29 is 10.2 Å². The Kier molecular flexibility index (Phi) is 5.10. The number of nitrogens with one attached hydrogen (secondary N) is 1. The van der Waals surface area contributed by atoms with E-state index in [4.69, 9.17) is 10.2 Å². The van der Waals surface area contributed by atoms with Crippen molar-refractivity contribution in [3.63, 3.8) is 0 Å². The third kappa shape index (κ3) is 4.13. The summed E-state index contributed by atoms with van der Waals surface area (Å²) in [6.45, 7) is 0. The van der Waals surface area contributed by atoms with Crippen molar-refractivity contribution in [1.29, 1.82) is 0 Å². The monoisotopic (exact) mass is 222 g/mol. The van der Waals surface area contributed by atoms with E-state index in [0.717, 1.165) is 5.69 Å². The Morgan fingerprint density at radius 2 is 2.27 bits per heavy atom. The lowest BCUT2D eigenvalue weighted by Crippen LogP contribution is -2.05. The molecule has 11 heavy (non-hydrogen) atoms. The van der Waals surface area contributed by atoms with E-state index < -0.39 is 6.29 Å². The number of halogens is 1. The van der Waals surface area contributed by atoms with E-state index in [1.165, 1.54) is 0 Å². The third-order valence-electron chi connectivity index (χ3n) is 1.23. The van der Waals surface area contributed by atoms with Crippen LogP contribution < -0.4 is 0 Å². The van der Waals surface area contributed by atoms with Crippen molar-refractivity contribution >= 4 is 17.0 Å². The molecule has 64 valence electrons. The van der Waals surface area contributed by atoms with E-state index in [2.05, 4.69) is 10.2 Å². The predicted molar refractivity (Wildman–Crippen MR) is 45.5 cm³/mol. The number of hydrogen-bond acceptors (Lipinski definition) is 3. The van der Waals surface area contributed by atoms with Gasteiger partial charge in [-0.3, -0.25) is 5.10 Å². The summed E-state index contributed by atoms with van der Waals surface area (Å²) in [5, 5.41) is 23.4. The number of nitrogens with zero attached hydrogens (tertiary/aromatic N) is 1. The summed E-state index contributed by atoms with van der Waals surface area (Å²) in [4.78, 5) is 0. The molecular formula is C6H11BrN2O2. The van der Waals surface area contributed by atoms with Crippen molar-refractivity contribution in [2.24, 2.45) is 0 Å². The van der Waals surface area contributed by atoms with Gasteiger partial charge in [0.25, 0.3) is 0 Å². The summed E-state index contributed by atoms with van der Waals surface area (Å²) in [6.07, 6.45) is 1.39. The van der Waals surface area contributed by atoms with E-state index in [0.29, 0.717) is 12.8 Å². The van der Waals surface area contributed by atoms with Gasteiger partial charge in [0.2, 0.25) is 0 Å². The Labute approximate surface area is 75.0 Å². The largest absolute Gasteiger partial charge is 0.368 e. The average molecular weight is 223 g/mol. The molecule has 0 fully saturated rings. The molecule has 1 heterocycles. The second-order valence-corrected chi connectivity index (χ2v) is 2.10. The standard InChI is InChI=1S/C6H10N2O2.BrH/c9-6(10)2-1-5-3-4-7-8-5;/h3-4,6,9-10H,1-2H2,(H,7,8);1H. The molecule has 0 aliphatic rings. The fraction of sp³-hybridized carbons (Fsp3) is 0.500. The molecule has 0 aliphatic carbocycles. The van der Waals surface area contributed by atoms with Crippen LogP contribution >= 0.6 is 17.0 Å². The van der Waals surface area contributed by atoms with Crippen LogP contribution in [-0.4, -0.2) is 26.7 Å². The summed E-state index contributed by atoms with van der Waals surface area (Å²) in [7, 11) is 0.